The lowest BCUT2D eigenvalue weighted by molar-refractivity contribution is 0.381. The second kappa shape index (κ2) is 5.23. The van der Waals surface area contributed by atoms with Crippen LogP contribution in [0.15, 0.2) is 16.5 Å². The molecule has 96 valence electrons. The molecule has 0 radical (unpaired) electrons. The Morgan fingerprint density at radius 2 is 2.18 bits per heavy atom. The summed E-state index contributed by atoms with van der Waals surface area (Å²) in [5.74, 6) is 4.18. The second-order valence-electron chi connectivity index (χ2n) is 5.65. The van der Waals surface area contributed by atoms with Gasteiger partial charge in [0.1, 0.15) is 11.5 Å². The summed E-state index contributed by atoms with van der Waals surface area (Å²) in [7, 11) is 0. The highest BCUT2D eigenvalue weighted by Gasteiger charge is 2.36. The zero-order chi connectivity index (χ0) is 12.4. The molecule has 0 saturated heterocycles. The molecule has 1 heterocycles. The molecule has 1 saturated carbocycles. The second-order valence-corrected chi connectivity index (χ2v) is 5.65. The van der Waals surface area contributed by atoms with Crippen molar-refractivity contribution in [2.24, 2.45) is 17.6 Å². The van der Waals surface area contributed by atoms with Gasteiger partial charge in [-0.15, -0.1) is 0 Å². The van der Waals surface area contributed by atoms with Crippen LogP contribution in [0.1, 0.15) is 50.7 Å². The van der Waals surface area contributed by atoms with Gasteiger partial charge in [-0.2, -0.15) is 0 Å². The standard InChI is InChI=1S/C14H24N2O/c1-9(2)8-16-12(7-15)14-5-4-13(17-14)11-6-10(11)3/h4-5,9-12,16H,6-8,15H2,1-3H3. The summed E-state index contributed by atoms with van der Waals surface area (Å²) in [5, 5.41) is 3.45. The van der Waals surface area contributed by atoms with Crippen LogP contribution in [-0.2, 0) is 0 Å². The molecule has 0 aliphatic heterocycles. The molecule has 0 amide bonds. The number of nitrogens with two attached hydrogens (primary N) is 1. The quantitative estimate of drug-likeness (QED) is 0.798. The van der Waals surface area contributed by atoms with Crippen LogP contribution in [0.2, 0.25) is 0 Å². The van der Waals surface area contributed by atoms with Gasteiger partial charge in [-0.3, -0.25) is 0 Å². The van der Waals surface area contributed by atoms with E-state index in [1.54, 1.807) is 0 Å². The van der Waals surface area contributed by atoms with Gasteiger partial charge in [-0.05, 0) is 36.9 Å². The zero-order valence-electron chi connectivity index (χ0n) is 11.1. The number of nitrogens with one attached hydrogen (secondary N) is 1. The Kier molecular flexibility index (Phi) is 3.89. The smallest absolute Gasteiger partial charge is 0.122 e. The number of rotatable bonds is 6. The summed E-state index contributed by atoms with van der Waals surface area (Å²) in [6.07, 6.45) is 1.26. The van der Waals surface area contributed by atoms with Crippen LogP contribution in [-0.4, -0.2) is 13.1 Å². The van der Waals surface area contributed by atoms with Crippen LogP contribution in [0, 0.1) is 11.8 Å². The number of furan rings is 1. The van der Waals surface area contributed by atoms with Crippen molar-refractivity contribution in [3.8, 4) is 0 Å². The van der Waals surface area contributed by atoms with Gasteiger partial charge in [0.2, 0.25) is 0 Å². The Balaban J connectivity index is 1.96. The molecule has 1 aromatic rings. The summed E-state index contributed by atoms with van der Waals surface area (Å²) < 4.78 is 5.92. The average molecular weight is 236 g/mol. The zero-order valence-corrected chi connectivity index (χ0v) is 11.1. The maximum Gasteiger partial charge on any atom is 0.122 e. The lowest BCUT2D eigenvalue weighted by Gasteiger charge is -2.16. The highest BCUT2D eigenvalue weighted by atomic mass is 16.3. The minimum Gasteiger partial charge on any atom is -0.464 e. The molecule has 3 N–H and O–H groups in total. The van der Waals surface area contributed by atoms with Crippen molar-refractivity contribution in [3.63, 3.8) is 0 Å². The van der Waals surface area contributed by atoms with Gasteiger partial charge in [0.25, 0.3) is 0 Å². The minimum atomic E-state index is 0.153. The van der Waals surface area contributed by atoms with Crippen molar-refractivity contribution in [1.29, 1.82) is 0 Å². The maximum atomic E-state index is 5.92. The highest BCUT2D eigenvalue weighted by Crippen LogP contribution is 2.47. The third-order valence-corrected chi connectivity index (χ3v) is 3.47. The van der Waals surface area contributed by atoms with Crippen molar-refractivity contribution >= 4 is 0 Å². The maximum absolute atomic E-state index is 5.92. The summed E-state index contributed by atoms with van der Waals surface area (Å²) in [6.45, 7) is 8.21. The molecule has 0 bridgehead atoms. The van der Waals surface area contributed by atoms with Crippen molar-refractivity contribution in [1.82, 2.24) is 5.32 Å². The van der Waals surface area contributed by atoms with Gasteiger partial charge >= 0.3 is 0 Å². The Hall–Kier alpha value is -0.800. The van der Waals surface area contributed by atoms with Crippen LogP contribution in [0.4, 0.5) is 0 Å². The van der Waals surface area contributed by atoms with Gasteiger partial charge in [0, 0.05) is 12.5 Å². The molecule has 1 aliphatic carbocycles. The van der Waals surface area contributed by atoms with Crippen LogP contribution < -0.4 is 11.1 Å². The summed E-state index contributed by atoms with van der Waals surface area (Å²) in [4.78, 5) is 0. The van der Waals surface area contributed by atoms with Crippen molar-refractivity contribution < 1.29 is 4.42 Å². The molecule has 1 aliphatic rings. The van der Waals surface area contributed by atoms with Crippen molar-refractivity contribution in [3.05, 3.63) is 23.7 Å². The predicted octanol–water partition coefficient (Wildman–Crippen LogP) is 2.65. The predicted molar refractivity (Wildman–Crippen MR) is 69.9 cm³/mol. The topological polar surface area (TPSA) is 51.2 Å². The SMILES string of the molecule is CC(C)CNC(CN)c1ccc(C2CC2C)o1. The van der Waals surface area contributed by atoms with Crippen LogP contribution >= 0.6 is 0 Å². The molecule has 3 atom stereocenters. The minimum absolute atomic E-state index is 0.153. The van der Waals surface area contributed by atoms with E-state index in [-0.39, 0.29) is 6.04 Å². The molecular formula is C14H24N2O. The summed E-state index contributed by atoms with van der Waals surface area (Å²) >= 11 is 0. The normalized spacial score (nSPS) is 25.2. The lowest BCUT2D eigenvalue weighted by Crippen LogP contribution is -2.30. The van der Waals surface area contributed by atoms with Gasteiger partial charge in [0.15, 0.2) is 0 Å². The van der Waals surface area contributed by atoms with Crippen LogP contribution in [0.3, 0.4) is 0 Å². The molecule has 17 heavy (non-hydrogen) atoms. The summed E-state index contributed by atoms with van der Waals surface area (Å²) in [5.41, 5.74) is 5.80. The summed E-state index contributed by atoms with van der Waals surface area (Å²) in [6, 6.07) is 4.34. The molecule has 0 spiro atoms. The highest BCUT2D eigenvalue weighted by molar-refractivity contribution is 5.19. The fourth-order valence-electron chi connectivity index (χ4n) is 2.15. The van der Waals surface area contributed by atoms with Crippen molar-refractivity contribution in [2.45, 2.75) is 39.2 Å². The van der Waals surface area contributed by atoms with E-state index in [4.69, 9.17) is 10.2 Å². The van der Waals surface area contributed by atoms with Gasteiger partial charge in [-0.25, -0.2) is 0 Å². The van der Waals surface area contributed by atoms with E-state index in [2.05, 4.69) is 38.2 Å². The van der Waals surface area contributed by atoms with Crippen LogP contribution in [0.25, 0.3) is 0 Å². The van der Waals surface area contributed by atoms with Gasteiger partial charge in [0.05, 0.1) is 6.04 Å². The van der Waals surface area contributed by atoms with E-state index < -0.39 is 0 Å². The number of hydrogen-bond donors (Lipinski definition) is 2. The molecule has 3 nitrogen and oxygen atoms in total. The van der Waals surface area contributed by atoms with E-state index in [1.165, 1.54) is 6.42 Å². The van der Waals surface area contributed by atoms with Crippen LogP contribution in [0.5, 0.6) is 0 Å². The van der Waals surface area contributed by atoms with Crippen molar-refractivity contribution in [2.75, 3.05) is 13.1 Å². The van der Waals surface area contributed by atoms with E-state index >= 15 is 0 Å². The van der Waals surface area contributed by atoms with E-state index in [0.717, 1.165) is 24.0 Å². The van der Waals surface area contributed by atoms with Gasteiger partial charge in [-0.1, -0.05) is 20.8 Å². The third-order valence-electron chi connectivity index (χ3n) is 3.47. The fraction of sp³-hybridized carbons (Fsp3) is 0.714. The lowest BCUT2D eigenvalue weighted by atomic mass is 10.2. The van der Waals surface area contributed by atoms with E-state index in [0.29, 0.717) is 18.4 Å². The molecule has 3 heteroatoms. The third kappa shape index (κ3) is 3.11. The monoisotopic (exact) mass is 236 g/mol. The first-order valence-electron chi connectivity index (χ1n) is 6.65. The first-order chi connectivity index (χ1) is 8.11. The molecule has 1 fully saturated rings. The Bertz CT molecular complexity index is 359. The first kappa shape index (κ1) is 12.7. The van der Waals surface area contributed by atoms with Gasteiger partial charge < -0.3 is 15.5 Å². The molecule has 3 unspecified atom stereocenters. The van der Waals surface area contributed by atoms with E-state index in [1.807, 2.05) is 0 Å². The molecule has 2 rings (SSSR count). The average Bonchev–Trinajstić information content (AvgIpc) is 2.82. The fourth-order valence-corrected chi connectivity index (χ4v) is 2.15. The largest absolute Gasteiger partial charge is 0.464 e. The molecular weight excluding hydrogens is 212 g/mol. The Morgan fingerprint density at radius 1 is 1.47 bits per heavy atom. The molecule has 0 aromatic carbocycles. The number of hydrogen-bond acceptors (Lipinski definition) is 3. The Labute approximate surface area is 104 Å². The van der Waals surface area contributed by atoms with E-state index in [9.17, 15) is 0 Å². The first-order valence-corrected chi connectivity index (χ1v) is 6.65. The Morgan fingerprint density at radius 3 is 2.71 bits per heavy atom. The molecule has 1 aromatic heterocycles.